The maximum Gasteiger partial charge on any atom is 0.322 e. The van der Waals surface area contributed by atoms with Gasteiger partial charge in [0.1, 0.15) is 17.4 Å². The summed E-state index contributed by atoms with van der Waals surface area (Å²) in [7, 11) is 0. The number of rotatable bonds is 4. The van der Waals surface area contributed by atoms with Crippen molar-refractivity contribution in [1.29, 1.82) is 0 Å². The number of fused-ring (bicyclic) bond motifs is 1. The molecular formula is C21H27N5O3. The Balaban J connectivity index is 1.49. The summed E-state index contributed by atoms with van der Waals surface area (Å²) in [5.74, 6) is 2.51. The Morgan fingerprint density at radius 1 is 1.17 bits per heavy atom. The quantitative estimate of drug-likeness (QED) is 0.854. The molecule has 8 heteroatoms. The molecule has 0 atom stereocenters. The van der Waals surface area contributed by atoms with E-state index in [2.05, 4.69) is 15.2 Å². The average molecular weight is 397 g/mol. The van der Waals surface area contributed by atoms with Crippen LogP contribution >= 0.6 is 0 Å². The standard InChI is InChI=1S/C21H27N5O3/c1-3-29-17-6-4-16(5-7-17)24-21(27)26-9-8-19-18(14-26)20(23-15(2)22-19)25-10-12-28-13-11-25/h4-7H,3,8-14H2,1-2H3,(H,24,27). The number of aromatic nitrogens is 2. The number of ether oxygens (including phenoxy) is 2. The number of carbonyl (C=O) groups is 1. The number of aryl methyl sites for hydroxylation is 1. The summed E-state index contributed by atoms with van der Waals surface area (Å²) >= 11 is 0. The van der Waals surface area contributed by atoms with Crippen LogP contribution < -0.4 is 15.0 Å². The first-order valence-electron chi connectivity index (χ1n) is 10.1. The molecular weight excluding hydrogens is 370 g/mol. The van der Waals surface area contributed by atoms with Crippen molar-refractivity contribution in [2.24, 2.45) is 0 Å². The second-order valence-corrected chi connectivity index (χ2v) is 7.18. The third-order valence-corrected chi connectivity index (χ3v) is 5.16. The fraction of sp³-hybridized carbons (Fsp3) is 0.476. The zero-order valence-corrected chi connectivity index (χ0v) is 17.0. The first kappa shape index (κ1) is 19.4. The van der Waals surface area contributed by atoms with Gasteiger partial charge in [-0.05, 0) is 38.1 Å². The largest absolute Gasteiger partial charge is 0.494 e. The second-order valence-electron chi connectivity index (χ2n) is 7.18. The average Bonchev–Trinajstić information content (AvgIpc) is 2.75. The Labute approximate surface area is 170 Å². The van der Waals surface area contributed by atoms with Crippen LogP contribution in [0.15, 0.2) is 24.3 Å². The SMILES string of the molecule is CCOc1ccc(NC(=O)N2CCc3nc(C)nc(N4CCOCC4)c3C2)cc1. The van der Waals surface area contributed by atoms with Crippen LogP contribution in [0.1, 0.15) is 24.0 Å². The summed E-state index contributed by atoms with van der Waals surface area (Å²) in [5, 5.41) is 2.98. The lowest BCUT2D eigenvalue weighted by atomic mass is 10.1. The van der Waals surface area contributed by atoms with Crippen molar-refractivity contribution >= 4 is 17.5 Å². The number of amides is 2. The molecule has 0 bridgehead atoms. The topological polar surface area (TPSA) is 79.8 Å². The van der Waals surface area contributed by atoms with E-state index >= 15 is 0 Å². The smallest absolute Gasteiger partial charge is 0.322 e. The highest BCUT2D eigenvalue weighted by Crippen LogP contribution is 2.28. The van der Waals surface area contributed by atoms with E-state index in [1.165, 1.54) is 0 Å². The predicted octanol–water partition coefficient (Wildman–Crippen LogP) is 2.61. The van der Waals surface area contributed by atoms with Crippen LogP contribution in [0.4, 0.5) is 16.3 Å². The highest BCUT2D eigenvalue weighted by atomic mass is 16.5. The summed E-state index contributed by atoms with van der Waals surface area (Å²) in [5.41, 5.74) is 2.84. The number of nitrogens with one attached hydrogen (secondary N) is 1. The molecule has 2 aromatic rings. The summed E-state index contributed by atoms with van der Waals surface area (Å²) in [6, 6.07) is 7.31. The molecule has 0 aliphatic carbocycles. The van der Waals surface area contributed by atoms with Crippen molar-refractivity contribution in [3.05, 3.63) is 41.3 Å². The van der Waals surface area contributed by atoms with Crippen molar-refractivity contribution in [3.8, 4) is 5.75 Å². The van der Waals surface area contributed by atoms with Gasteiger partial charge in [0.2, 0.25) is 0 Å². The van der Waals surface area contributed by atoms with E-state index in [9.17, 15) is 4.79 Å². The molecule has 2 aliphatic rings. The van der Waals surface area contributed by atoms with Crippen LogP contribution in [0.3, 0.4) is 0 Å². The van der Waals surface area contributed by atoms with Gasteiger partial charge in [0.05, 0.1) is 32.1 Å². The predicted molar refractivity (Wildman–Crippen MR) is 111 cm³/mol. The lowest BCUT2D eigenvalue weighted by Crippen LogP contribution is -2.42. The summed E-state index contributed by atoms with van der Waals surface area (Å²) in [4.78, 5) is 26.2. The van der Waals surface area contributed by atoms with Gasteiger partial charge >= 0.3 is 6.03 Å². The molecule has 0 unspecified atom stereocenters. The van der Waals surface area contributed by atoms with Gasteiger partial charge in [0, 0.05) is 37.3 Å². The molecule has 1 saturated heterocycles. The summed E-state index contributed by atoms with van der Waals surface area (Å²) < 4.78 is 10.9. The zero-order valence-electron chi connectivity index (χ0n) is 17.0. The van der Waals surface area contributed by atoms with Crippen LogP contribution in [-0.2, 0) is 17.7 Å². The molecule has 1 N–H and O–H groups in total. The molecule has 0 saturated carbocycles. The van der Waals surface area contributed by atoms with Crippen LogP contribution in [0.25, 0.3) is 0 Å². The minimum absolute atomic E-state index is 0.117. The fourth-order valence-electron chi connectivity index (χ4n) is 3.73. The third-order valence-electron chi connectivity index (χ3n) is 5.16. The van der Waals surface area contributed by atoms with Crippen LogP contribution in [0.2, 0.25) is 0 Å². The molecule has 2 amide bonds. The maximum atomic E-state index is 12.9. The number of hydrogen-bond donors (Lipinski definition) is 1. The van der Waals surface area contributed by atoms with Crippen molar-refractivity contribution in [2.75, 3.05) is 49.7 Å². The number of urea groups is 1. The van der Waals surface area contributed by atoms with E-state index in [1.54, 1.807) is 0 Å². The Morgan fingerprint density at radius 2 is 1.93 bits per heavy atom. The maximum absolute atomic E-state index is 12.9. The molecule has 1 aromatic carbocycles. The number of carbonyl (C=O) groups excluding carboxylic acids is 1. The van der Waals surface area contributed by atoms with E-state index in [0.717, 1.165) is 53.8 Å². The molecule has 3 heterocycles. The molecule has 154 valence electrons. The summed E-state index contributed by atoms with van der Waals surface area (Å²) in [6.45, 7) is 8.63. The normalized spacial score (nSPS) is 16.3. The van der Waals surface area contributed by atoms with Gasteiger partial charge in [-0.15, -0.1) is 0 Å². The Kier molecular flexibility index (Phi) is 5.80. The second kappa shape index (κ2) is 8.65. The number of benzene rings is 1. The van der Waals surface area contributed by atoms with Crippen molar-refractivity contribution < 1.29 is 14.3 Å². The number of anilines is 2. The fourth-order valence-corrected chi connectivity index (χ4v) is 3.73. The van der Waals surface area contributed by atoms with E-state index in [1.807, 2.05) is 43.0 Å². The molecule has 0 spiro atoms. The first-order chi connectivity index (χ1) is 14.1. The van der Waals surface area contributed by atoms with Crippen LogP contribution in [0.5, 0.6) is 5.75 Å². The van der Waals surface area contributed by atoms with Gasteiger partial charge in [0.15, 0.2) is 0 Å². The minimum atomic E-state index is -0.117. The molecule has 4 rings (SSSR count). The minimum Gasteiger partial charge on any atom is -0.494 e. The Morgan fingerprint density at radius 3 is 2.66 bits per heavy atom. The lowest BCUT2D eigenvalue weighted by Gasteiger charge is -2.34. The Hall–Kier alpha value is -2.87. The van der Waals surface area contributed by atoms with E-state index in [-0.39, 0.29) is 6.03 Å². The van der Waals surface area contributed by atoms with Gasteiger partial charge < -0.3 is 24.6 Å². The van der Waals surface area contributed by atoms with E-state index in [4.69, 9.17) is 14.5 Å². The molecule has 1 aromatic heterocycles. The van der Waals surface area contributed by atoms with E-state index < -0.39 is 0 Å². The molecule has 0 radical (unpaired) electrons. The monoisotopic (exact) mass is 397 g/mol. The van der Waals surface area contributed by atoms with Crippen molar-refractivity contribution in [1.82, 2.24) is 14.9 Å². The van der Waals surface area contributed by atoms with Crippen molar-refractivity contribution in [2.45, 2.75) is 26.8 Å². The van der Waals surface area contributed by atoms with Gasteiger partial charge in [-0.2, -0.15) is 0 Å². The third kappa shape index (κ3) is 4.42. The van der Waals surface area contributed by atoms with Crippen molar-refractivity contribution in [3.63, 3.8) is 0 Å². The van der Waals surface area contributed by atoms with Gasteiger partial charge in [-0.1, -0.05) is 0 Å². The lowest BCUT2D eigenvalue weighted by molar-refractivity contribution is 0.122. The van der Waals surface area contributed by atoms with Gasteiger partial charge in [0.25, 0.3) is 0 Å². The Bertz CT molecular complexity index is 865. The zero-order chi connectivity index (χ0) is 20.2. The first-order valence-corrected chi connectivity index (χ1v) is 10.1. The number of morpholine rings is 1. The van der Waals surface area contributed by atoms with Gasteiger partial charge in [-0.3, -0.25) is 0 Å². The molecule has 2 aliphatic heterocycles. The molecule has 1 fully saturated rings. The molecule has 8 nitrogen and oxygen atoms in total. The van der Waals surface area contributed by atoms with E-state index in [0.29, 0.717) is 32.9 Å². The van der Waals surface area contributed by atoms with Crippen LogP contribution in [0, 0.1) is 6.92 Å². The van der Waals surface area contributed by atoms with Gasteiger partial charge in [-0.25, -0.2) is 14.8 Å². The molecule has 29 heavy (non-hydrogen) atoms. The summed E-state index contributed by atoms with van der Waals surface area (Å²) in [6.07, 6.45) is 0.729. The van der Waals surface area contributed by atoms with Crippen LogP contribution in [-0.4, -0.2) is 60.4 Å². The number of nitrogens with zero attached hydrogens (tertiary/aromatic N) is 4. The number of hydrogen-bond acceptors (Lipinski definition) is 6. The highest BCUT2D eigenvalue weighted by Gasteiger charge is 2.27. The highest BCUT2D eigenvalue weighted by molar-refractivity contribution is 5.89.